The van der Waals surface area contributed by atoms with Crippen molar-refractivity contribution in [1.29, 1.82) is 0 Å². The van der Waals surface area contributed by atoms with E-state index in [0.29, 0.717) is 17.9 Å². The van der Waals surface area contributed by atoms with E-state index in [-0.39, 0.29) is 24.3 Å². The molecule has 0 aliphatic heterocycles. The third kappa shape index (κ3) is 5.37. The first-order valence-corrected chi connectivity index (χ1v) is 6.32. The van der Waals surface area contributed by atoms with Crippen molar-refractivity contribution in [3.8, 4) is 0 Å². The third-order valence-corrected chi connectivity index (χ3v) is 2.70. The van der Waals surface area contributed by atoms with Crippen LogP contribution in [-0.2, 0) is 4.79 Å². The number of rotatable bonds is 6. The second-order valence-electron chi connectivity index (χ2n) is 4.35. The van der Waals surface area contributed by atoms with E-state index in [4.69, 9.17) is 5.73 Å². The zero-order chi connectivity index (χ0) is 14.3. The summed E-state index contributed by atoms with van der Waals surface area (Å²) in [7, 11) is 0. The second kappa shape index (κ2) is 7.35. The fourth-order valence-electron chi connectivity index (χ4n) is 1.43. The molecular weight excluding hydrogens is 244 g/mol. The number of aromatic nitrogens is 1. The summed E-state index contributed by atoms with van der Waals surface area (Å²) in [5.74, 6) is -0.0310. The van der Waals surface area contributed by atoms with Gasteiger partial charge in [0.2, 0.25) is 5.91 Å². The molecule has 0 aromatic carbocycles. The number of hydrogen-bond donors (Lipinski definition) is 3. The van der Waals surface area contributed by atoms with E-state index < -0.39 is 0 Å². The average molecular weight is 264 g/mol. The van der Waals surface area contributed by atoms with Crippen LogP contribution >= 0.6 is 0 Å². The van der Waals surface area contributed by atoms with E-state index in [0.717, 1.165) is 6.42 Å². The van der Waals surface area contributed by atoms with Crippen LogP contribution in [0.15, 0.2) is 18.3 Å². The van der Waals surface area contributed by atoms with Gasteiger partial charge in [0.25, 0.3) is 5.91 Å². The van der Waals surface area contributed by atoms with E-state index in [1.54, 1.807) is 6.07 Å². The first-order valence-electron chi connectivity index (χ1n) is 6.32. The van der Waals surface area contributed by atoms with Gasteiger partial charge in [0.1, 0.15) is 5.82 Å². The summed E-state index contributed by atoms with van der Waals surface area (Å²) >= 11 is 0. The number of hydrogen-bond acceptors (Lipinski definition) is 4. The summed E-state index contributed by atoms with van der Waals surface area (Å²) in [6, 6.07) is 3.22. The molecule has 0 fully saturated rings. The van der Waals surface area contributed by atoms with Crippen molar-refractivity contribution in [2.75, 3.05) is 12.3 Å². The number of nitrogens with two attached hydrogens (primary N) is 1. The van der Waals surface area contributed by atoms with Crippen molar-refractivity contribution < 1.29 is 9.59 Å². The molecule has 1 aromatic heterocycles. The monoisotopic (exact) mass is 264 g/mol. The molecule has 0 bridgehead atoms. The first-order chi connectivity index (χ1) is 9.02. The highest BCUT2D eigenvalue weighted by molar-refractivity contribution is 5.94. The molecule has 1 heterocycles. The first kappa shape index (κ1) is 14.9. The molecule has 1 aromatic rings. The molecule has 0 aliphatic rings. The fourth-order valence-corrected chi connectivity index (χ4v) is 1.43. The van der Waals surface area contributed by atoms with Crippen LogP contribution in [-0.4, -0.2) is 29.4 Å². The quantitative estimate of drug-likeness (QED) is 0.704. The van der Waals surface area contributed by atoms with Crippen LogP contribution in [0.2, 0.25) is 0 Å². The third-order valence-electron chi connectivity index (χ3n) is 2.70. The van der Waals surface area contributed by atoms with Crippen LogP contribution in [0.3, 0.4) is 0 Å². The Bertz CT molecular complexity index is 448. The van der Waals surface area contributed by atoms with Gasteiger partial charge in [-0.15, -0.1) is 0 Å². The van der Waals surface area contributed by atoms with Crippen LogP contribution in [0.1, 0.15) is 37.0 Å². The average Bonchev–Trinajstić information content (AvgIpc) is 2.38. The minimum Gasteiger partial charge on any atom is -0.384 e. The molecule has 0 aliphatic carbocycles. The Balaban J connectivity index is 2.33. The van der Waals surface area contributed by atoms with Gasteiger partial charge in [-0.25, -0.2) is 4.98 Å². The molecular formula is C13H20N4O2. The summed E-state index contributed by atoms with van der Waals surface area (Å²) in [6.45, 7) is 4.24. The van der Waals surface area contributed by atoms with E-state index in [1.165, 1.54) is 12.3 Å². The van der Waals surface area contributed by atoms with E-state index >= 15 is 0 Å². The van der Waals surface area contributed by atoms with Gasteiger partial charge in [0, 0.05) is 30.8 Å². The summed E-state index contributed by atoms with van der Waals surface area (Å²) in [4.78, 5) is 27.0. The molecule has 0 spiro atoms. The number of nitrogens with zero attached hydrogens (tertiary/aromatic N) is 1. The SMILES string of the molecule is CCC(C)NC(=O)CCNC(=O)c1ccnc(N)c1. The normalized spacial score (nSPS) is 11.7. The second-order valence-corrected chi connectivity index (χ2v) is 4.35. The Kier molecular flexibility index (Phi) is 5.78. The Morgan fingerprint density at radius 3 is 2.84 bits per heavy atom. The largest absolute Gasteiger partial charge is 0.384 e. The minimum atomic E-state index is -0.259. The highest BCUT2D eigenvalue weighted by Crippen LogP contribution is 2.02. The molecule has 6 nitrogen and oxygen atoms in total. The molecule has 104 valence electrons. The summed E-state index contributed by atoms with van der Waals surface area (Å²) in [6.07, 6.45) is 2.62. The molecule has 1 rings (SSSR count). The Morgan fingerprint density at radius 1 is 1.47 bits per heavy atom. The van der Waals surface area contributed by atoms with Crippen molar-refractivity contribution >= 4 is 17.6 Å². The number of nitrogens with one attached hydrogen (secondary N) is 2. The van der Waals surface area contributed by atoms with Crippen LogP contribution in [0.4, 0.5) is 5.82 Å². The van der Waals surface area contributed by atoms with Crippen molar-refractivity contribution in [3.63, 3.8) is 0 Å². The maximum Gasteiger partial charge on any atom is 0.251 e. The minimum absolute atomic E-state index is 0.0658. The zero-order valence-corrected chi connectivity index (χ0v) is 11.3. The Morgan fingerprint density at radius 2 is 2.21 bits per heavy atom. The maximum absolute atomic E-state index is 11.7. The smallest absolute Gasteiger partial charge is 0.251 e. The molecule has 0 radical (unpaired) electrons. The molecule has 1 unspecified atom stereocenters. The van der Waals surface area contributed by atoms with Gasteiger partial charge in [-0.1, -0.05) is 6.92 Å². The molecule has 1 atom stereocenters. The lowest BCUT2D eigenvalue weighted by atomic mass is 10.2. The molecule has 6 heteroatoms. The Labute approximate surface area is 112 Å². The topological polar surface area (TPSA) is 97.1 Å². The number of anilines is 1. The summed E-state index contributed by atoms with van der Waals surface area (Å²) in [5, 5.41) is 5.50. The number of amides is 2. The van der Waals surface area contributed by atoms with Crippen molar-refractivity contribution in [2.45, 2.75) is 32.7 Å². The van der Waals surface area contributed by atoms with Gasteiger partial charge >= 0.3 is 0 Å². The molecule has 2 amide bonds. The predicted molar refractivity (Wildman–Crippen MR) is 73.5 cm³/mol. The van der Waals surface area contributed by atoms with Gasteiger partial charge in [0.05, 0.1) is 0 Å². The maximum atomic E-state index is 11.7. The lowest BCUT2D eigenvalue weighted by molar-refractivity contribution is -0.121. The van der Waals surface area contributed by atoms with Crippen LogP contribution in [0.5, 0.6) is 0 Å². The molecule has 19 heavy (non-hydrogen) atoms. The van der Waals surface area contributed by atoms with Gasteiger partial charge in [-0.05, 0) is 25.5 Å². The number of nitrogen functional groups attached to an aromatic ring is 1. The van der Waals surface area contributed by atoms with Crippen molar-refractivity contribution in [1.82, 2.24) is 15.6 Å². The van der Waals surface area contributed by atoms with E-state index in [2.05, 4.69) is 15.6 Å². The van der Waals surface area contributed by atoms with Gasteiger partial charge in [-0.2, -0.15) is 0 Å². The van der Waals surface area contributed by atoms with Gasteiger partial charge < -0.3 is 16.4 Å². The van der Waals surface area contributed by atoms with Gasteiger partial charge in [-0.3, -0.25) is 9.59 Å². The van der Waals surface area contributed by atoms with E-state index in [1.807, 2.05) is 13.8 Å². The lowest BCUT2D eigenvalue weighted by Gasteiger charge is -2.11. The summed E-state index contributed by atoms with van der Waals surface area (Å²) < 4.78 is 0. The van der Waals surface area contributed by atoms with Crippen LogP contribution in [0.25, 0.3) is 0 Å². The standard InChI is InChI=1S/C13H20N4O2/c1-3-9(2)17-12(18)5-7-16-13(19)10-4-6-15-11(14)8-10/h4,6,8-9H,3,5,7H2,1-2H3,(H2,14,15)(H,16,19)(H,17,18). The zero-order valence-electron chi connectivity index (χ0n) is 11.3. The molecule has 0 saturated heterocycles. The Hall–Kier alpha value is -2.11. The van der Waals surface area contributed by atoms with Crippen molar-refractivity contribution in [2.24, 2.45) is 0 Å². The fraction of sp³-hybridized carbons (Fsp3) is 0.462. The lowest BCUT2D eigenvalue weighted by Crippen LogP contribution is -2.35. The van der Waals surface area contributed by atoms with Crippen LogP contribution in [0, 0.1) is 0 Å². The predicted octanol–water partition coefficient (Wildman–Crippen LogP) is 0.698. The molecule has 4 N–H and O–H groups in total. The number of pyridine rings is 1. The van der Waals surface area contributed by atoms with E-state index in [9.17, 15) is 9.59 Å². The summed E-state index contributed by atoms with van der Waals surface area (Å²) in [5.41, 5.74) is 5.93. The molecule has 0 saturated carbocycles. The number of carbonyl (C=O) groups is 2. The van der Waals surface area contributed by atoms with Crippen LogP contribution < -0.4 is 16.4 Å². The number of carbonyl (C=O) groups excluding carboxylic acids is 2. The highest BCUT2D eigenvalue weighted by atomic mass is 16.2. The van der Waals surface area contributed by atoms with Gasteiger partial charge in [0.15, 0.2) is 0 Å². The highest BCUT2D eigenvalue weighted by Gasteiger charge is 2.08. The van der Waals surface area contributed by atoms with Crippen molar-refractivity contribution in [3.05, 3.63) is 23.9 Å².